The fourth-order valence-electron chi connectivity index (χ4n) is 3.63. The molecule has 6 nitrogen and oxygen atoms in total. The molecular weight excluding hydrogens is 364 g/mol. The Kier molecular flexibility index (Phi) is 4.98. The number of nitrogen functional groups attached to an aromatic ring is 1. The molecule has 0 atom stereocenters. The lowest BCUT2D eigenvalue weighted by Gasteiger charge is -2.20. The molecule has 0 spiro atoms. The van der Waals surface area contributed by atoms with Gasteiger partial charge in [0.1, 0.15) is 17.9 Å². The summed E-state index contributed by atoms with van der Waals surface area (Å²) in [5, 5.41) is 11.4. The highest BCUT2D eigenvalue weighted by Crippen LogP contribution is 2.32. The summed E-state index contributed by atoms with van der Waals surface area (Å²) in [4.78, 5) is 9.32. The first-order chi connectivity index (χ1) is 13.9. The predicted octanol–water partition coefficient (Wildman–Crippen LogP) is 4.14. The molecule has 29 heavy (non-hydrogen) atoms. The number of hydrogen-bond donors (Lipinski definition) is 2. The molecule has 0 saturated heterocycles. The minimum Gasteiger partial charge on any atom is -0.389 e. The first kappa shape index (κ1) is 19.4. The van der Waals surface area contributed by atoms with Crippen LogP contribution in [0.2, 0.25) is 0 Å². The SMILES string of the molecule is CCOCc1nc2c(N)nc3cc(-c4ccccc4)ccc3c2n1CC(C)(C)O. The van der Waals surface area contributed by atoms with E-state index >= 15 is 0 Å². The van der Waals surface area contributed by atoms with E-state index in [0.717, 1.165) is 33.4 Å². The zero-order chi connectivity index (χ0) is 20.6. The monoisotopic (exact) mass is 390 g/mol. The molecule has 0 fully saturated rings. The highest BCUT2D eigenvalue weighted by atomic mass is 16.5. The molecule has 6 heteroatoms. The van der Waals surface area contributed by atoms with Crippen molar-refractivity contribution in [2.75, 3.05) is 12.3 Å². The van der Waals surface area contributed by atoms with Crippen molar-refractivity contribution in [2.45, 2.75) is 39.5 Å². The van der Waals surface area contributed by atoms with E-state index in [9.17, 15) is 5.11 Å². The van der Waals surface area contributed by atoms with Crippen molar-refractivity contribution in [3.63, 3.8) is 0 Å². The van der Waals surface area contributed by atoms with Gasteiger partial charge >= 0.3 is 0 Å². The second-order valence-corrected chi connectivity index (χ2v) is 7.86. The van der Waals surface area contributed by atoms with Crippen LogP contribution in [-0.4, -0.2) is 31.8 Å². The quantitative estimate of drug-likeness (QED) is 0.517. The van der Waals surface area contributed by atoms with Crippen LogP contribution in [0.1, 0.15) is 26.6 Å². The van der Waals surface area contributed by atoms with Gasteiger partial charge in [-0.3, -0.25) is 0 Å². The first-order valence-electron chi connectivity index (χ1n) is 9.81. The van der Waals surface area contributed by atoms with E-state index in [2.05, 4.69) is 29.2 Å². The van der Waals surface area contributed by atoms with E-state index in [1.165, 1.54) is 0 Å². The number of anilines is 1. The lowest BCUT2D eigenvalue weighted by molar-refractivity contribution is 0.0582. The highest BCUT2D eigenvalue weighted by molar-refractivity contribution is 6.07. The molecule has 0 amide bonds. The molecule has 0 aliphatic rings. The van der Waals surface area contributed by atoms with Crippen molar-refractivity contribution >= 4 is 27.8 Å². The van der Waals surface area contributed by atoms with Gasteiger partial charge in [-0.2, -0.15) is 0 Å². The molecule has 2 aromatic carbocycles. The van der Waals surface area contributed by atoms with Gasteiger partial charge in [-0.15, -0.1) is 0 Å². The molecule has 4 aromatic rings. The smallest absolute Gasteiger partial charge is 0.152 e. The summed E-state index contributed by atoms with van der Waals surface area (Å²) in [7, 11) is 0. The van der Waals surface area contributed by atoms with E-state index in [0.29, 0.717) is 31.1 Å². The van der Waals surface area contributed by atoms with Crippen LogP contribution in [-0.2, 0) is 17.9 Å². The maximum Gasteiger partial charge on any atom is 0.152 e. The zero-order valence-electron chi connectivity index (χ0n) is 17.0. The number of ether oxygens (including phenoxy) is 1. The van der Waals surface area contributed by atoms with Gasteiger partial charge in [-0.05, 0) is 38.0 Å². The summed E-state index contributed by atoms with van der Waals surface area (Å²) >= 11 is 0. The third-order valence-corrected chi connectivity index (χ3v) is 4.87. The Hall–Kier alpha value is -2.96. The first-order valence-corrected chi connectivity index (χ1v) is 9.81. The Morgan fingerprint density at radius 2 is 1.83 bits per heavy atom. The molecule has 0 unspecified atom stereocenters. The van der Waals surface area contributed by atoms with Crippen LogP contribution in [0.15, 0.2) is 48.5 Å². The second kappa shape index (κ2) is 7.46. The van der Waals surface area contributed by atoms with Crippen LogP contribution in [0, 0.1) is 0 Å². The van der Waals surface area contributed by atoms with Crippen LogP contribution in [0.3, 0.4) is 0 Å². The topological polar surface area (TPSA) is 86.2 Å². The molecule has 0 aliphatic heterocycles. The fraction of sp³-hybridized carbons (Fsp3) is 0.304. The maximum absolute atomic E-state index is 10.5. The Morgan fingerprint density at radius 1 is 1.07 bits per heavy atom. The molecular formula is C23H26N4O2. The van der Waals surface area contributed by atoms with Gasteiger partial charge in [0.15, 0.2) is 5.82 Å². The Morgan fingerprint density at radius 3 is 2.52 bits per heavy atom. The summed E-state index contributed by atoms with van der Waals surface area (Å²) in [6.07, 6.45) is 0. The lowest BCUT2D eigenvalue weighted by atomic mass is 10.0. The Balaban J connectivity index is 1.96. The molecule has 0 bridgehead atoms. The average Bonchev–Trinajstić information content (AvgIpc) is 3.04. The predicted molar refractivity (Wildman–Crippen MR) is 117 cm³/mol. The number of aliphatic hydroxyl groups is 1. The Bertz CT molecular complexity index is 1160. The van der Waals surface area contributed by atoms with Gasteiger partial charge < -0.3 is 20.1 Å². The zero-order valence-corrected chi connectivity index (χ0v) is 17.0. The molecule has 150 valence electrons. The van der Waals surface area contributed by atoms with E-state index in [4.69, 9.17) is 15.5 Å². The number of rotatable bonds is 6. The minimum atomic E-state index is -0.914. The lowest BCUT2D eigenvalue weighted by Crippen LogP contribution is -2.27. The number of nitrogens with zero attached hydrogens (tertiary/aromatic N) is 3. The summed E-state index contributed by atoms with van der Waals surface area (Å²) in [6, 6.07) is 16.4. The summed E-state index contributed by atoms with van der Waals surface area (Å²) in [5.41, 5.74) is 9.90. The third kappa shape index (κ3) is 3.81. The summed E-state index contributed by atoms with van der Waals surface area (Å²) in [6.45, 7) is 6.82. The second-order valence-electron chi connectivity index (χ2n) is 7.86. The number of fused-ring (bicyclic) bond motifs is 3. The van der Waals surface area contributed by atoms with Crippen molar-refractivity contribution in [1.29, 1.82) is 0 Å². The van der Waals surface area contributed by atoms with Crippen molar-refractivity contribution in [3.8, 4) is 11.1 Å². The van der Waals surface area contributed by atoms with E-state index in [1.54, 1.807) is 13.8 Å². The third-order valence-electron chi connectivity index (χ3n) is 4.87. The minimum absolute atomic E-state index is 0.351. The average molecular weight is 390 g/mol. The van der Waals surface area contributed by atoms with Crippen LogP contribution < -0.4 is 5.73 Å². The number of aromatic nitrogens is 3. The highest BCUT2D eigenvalue weighted by Gasteiger charge is 2.22. The number of pyridine rings is 1. The molecule has 0 radical (unpaired) electrons. The van der Waals surface area contributed by atoms with Crippen LogP contribution in [0.5, 0.6) is 0 Å². The van der Waals surface area contributed by atoms with Gasteiger partial charge in [-0.25, -0.2) is 9.97 Å². The van der Waals surface area contributed by atoms with Gasteiger partial charge in [0, 0.05) is 12.0 Å². The number of hydrogen-bond acceptors (Lipinski definition) is 5. The normalized spacial score (nSPS) is 12.1. The number of benzene rings is 2. The molecule has 0 saturated carbocycles. The summed E-state index contributed by atoms with van der Waals surface area (Å²) < 4.78 is 7.61. The molecule has 2 heterocycles. The Labute approximate surface area is 170 Å². The number of imidazole rings is 1. The largest absolute Gasteiger partial charge is 0.389 e. The molecule has 4 rings (SSSR count). The van der Waals surface area contributed by atoms with Crippen molar-refractivity contribution in [3.05, 3.63) is 54.4 Å². The van der Waals surface area contributed by atoms with Gasteiger partial charge in [0.25, 0.3) is 0 Å². The molecule has 3 N–H and O–H groups in total. The summed E-state index contributed by atoms with van der Waals surface area (Å²) in [5.74, 6) is 1.11. The van der Waals surface area contributed by atoms with Crippen LogP contribution >= 0.6 is 0 Å². The van der Waals surface area contributed by atoms with E-state index in [-0.39, 0.29) is 0 Å². The standard InChI is InChI=1S/C23H26N4O2/c1-4-29-13-19-26-20-21(27(19)14-23(2,3)28)17-11-10-16(12-18(17)25-22(20)24)15-8-6-5-7-9-15/h5-12,28H,4,13-14H2,1-3H3,(H2,24,25). The van der Waals surface area contributed by atoms with Crippen molar-refractivity contribution in [2.24, 2.45) is 0 Å². The van der Waals surface area contributed by atoms with Crippen LogP contribution in [0.25, 0.3) is 33.1 Å². The van der Waals surface area contributed by atoms with Gasteiger partial charge in [0.2, 0.25) is 0 Å². The number of nitrogens with two attached hydrogens (primary N) is 1. The fourth-order valence-corrected chi connectivity index (χ4v) is 3.63. The van der Waals surface area contributed by atoms with Gasteiger partial charge in [-0.1, -0.05) is 42.5 Å². The molecule has 2 aromatic heterocycles. The van der Waals surface area contributed by atoms with Crippen LogP contribution in [0.4, 0.5) is 5.82 Å². The van der Waals surface area contributed by atoms with Crippen molar-refractivity contribution < 1.29 is 9.84 Å². The van der Waals surface area contributed by atoms with E-state index < -0.39 is 5.60 Å². The van der Waals surface area contributed by atoms with Gasteiger partial charge in [0.05, 0.1) is 23.2 Å². The van der Waals surface area contributed by atoms with Crippen molar-refractivity contribution in [1.82, 2.24) is 14.5 Å². The van der Waals surface area contributed by atoms with E-state index in [1.807, 2.05) is 35.8 Å². The maximum atomic E-state index is 10.5. The molecule has 0 aliphatic carbocycles.